The summed E-state index contributed by atoms with van der Waals surface area (Å²) in [4.78, 5) is 0. The lowest BCUT2D eigenvalue weighted by atomic mass is 9.81. The summed E-state index contributed by atoms with van der Waals surface area (Å²) < 4.78 is 6.12. The second-order valence-electron chi connectivity index (χ2n) is 5.55. The molecule has 1 fully saturated rings. The van der Waals surface area contributed by atoms with E-state index >= 15 is 0 Å². The molecule has 2 nitrogen and oxygen atoms in total. The van der Waals surface area contributed by atoms with E-state index in [2.05, 4.69) is 36.1 Å². The van der Waals surface area contributed by atoms with Crippen LogP contribution in [0, 0.1) is 5.92 Å². The lowest BCUT2D eigenvalue weighted by Gasteiger charge is -2.35. The van der Waals surface area contributed by atoms with Gasteiger partial charge in [0.25, 0.3) is 0 Å². The first-order valence-corrected chi connectivity index (χ1v) is 8.59. The van der Waals surface area contributed by atoms with Gasteiger partial charge in [-0.05, 0) is 61.5 Å². The Balaban J connectivity index is 2.01. The largest absolute Gasteiger partial charge is 0.377 e. The number of nitrogens with one attached hydrogen (secondary N) is 1. The number of rotatable bonds is 7. The van der Waals surface area contributed by atoms with Crippen molar-refractivity contribution in [2.24, 2.45) is 5.92 Å². The van der Waals surface area contributed by atoms with Crippen LogP contribution in [0.3, 0.4) is 0 Å². The zero-order valence-corrected chi connectivity index (χ0v) is 13.0. The Hall–Kier alpha value is -0.380. The molecule has 19 heavy (non-hydrogen) atoms. The third-order valence-corrected chi connectivity index (χ3v) is 5.01. The third-order valence-electron chi connectivity index (χ3n) is 4.28. The quantitative estimate of drug-likeness (QED) is 0.819. The summed E-state index contributed by atoms with van der Waals surface area (Å²) in [5.41, 5.74) is 1.44. The molecular weight excluding hydrogens is 254 g/mol. The second-order valence-corrected chi connectivity index (χ2v) is 6.33. The summed E-state index contributed by atoms with van der Waals surface area (Å²) in [5.74, 6) is 0.741. The minimum Gasteiger partial charge on any atom is -0.377 e. The molecule has 2 rings (SSSR count). The van der Waals surface area contributed by atoms with Crippen molar-refractivity contribution in [1.82, 2.24) is 5.32 Å². The van der Waals surface area contributed by atoms with Crippen LogP contribution in [0.25, 0.3) is 0 Å². The second kappa shape index (κ2) is 8.03. The van der Waals surface area contributed by atoms with Crippen LogP contribution in [0.1, 0.15) is 44.6 Å². The van der Waals surface area contributed by atoms with E-state index in [4.69, 9.17) is 4.74 Å². The Morgan fingerprint density at radius 2 is 2.16 bits per heavy atom. The number of likely N-dealkylation sites (N-methyl/N-ethyl adjacent to an activating group) is 1. The highest BCUT2D eigenvalue weighted by Gasteiger charge is 2.30. The van der Waals surface area contributed by atoms with Crippen LogP contribution in [0.5, 0.6) is 0 Å². The fourth-order valence-electron chi connectivity index (χ4n) is 3.28. The van der Waals surface area contributed by atoms with E-state index in [1.165, 1.54) is 37.7 Å². The van der Waals surface area contributed by atoms with Gasteiger partial charge in [0.05, 0.1) is 6.10 Å². The highest BCUT2D eigenvalue weighted by Crippen LogP contribution is 2.30. The Morgan fingerprint density at radius 3 is 2.74 bits per heavy atom. The maximum absolute atomic E-state index is 6.12. The highest BCUT2D eigenvalue weighted by molar-refractivity contribution is 7.07. The van der Waals surface area contributed by atoms with E-state index in [1.54, 1.807) is 11.3 Å². The van der Waals surface area contributed by atoms with E-state index in [9.17, 15) is 0 Å². The van der Waals surface area contributed by atoms with Gasteiger partial charge in [-0.3, -0.25) is 0 Å². The van der Waals surface area contributed by atoms with Gasteiger partial charge in [0.15, 0.2) is 0 Å². The molecule has 1 aliphatic carbocycles. The van der Waals surface area contributed by atoms with E-state index in [-0.39, 0.29) is 0 Å². The van der Waals surface area contributed by atoms with Crippen molar-refractivity contribution in [2.45, 2.75) is 57.6 Å². The molecule has 0 saturated heterocycles. The van der Waals surface area contributed by atoms with Crippen molar-refractivity contribution in [3.05, 3.63) is 22.4 Å². The number of hydrogen-bond acceptors (Lipinski definition) is 3. The summed E-state index contributed by atoms with van der Waals surface area (Å²) in [6.45, 7) is 2.94. The standard InChI is InChI=1S/C16H27NOS/c1-3-18-16(14-7-5-4-6-8-14)15(17-2)11-13-9-10-19-12-13/h9-10,12,14-17H,3-8,11H2,1-2H3. The summed E-state index contributed by atoms with van der Waals surface area (Å²) >= 11 is 1.78. The Kier molecular flexibility index (Phi) is 6.35. The first kappa shape index (κ1) is 15.0. The van der Waals surface area contributed by atoms with Crippen LogP contribution < -0.4 is 5.32 Å². The van der Waals surface area contributed by atoms with Gasteiger partial charge >= 0.3 is 0 Å². The molecule has 0 spiro atoms. The zero-order valence-electron chi connectivity index (χ0n) is 12.2. The number of thiophene rings is 1. The number of ether oxygens (including phenoxy) is 1. The molecule has 1 aromatic heterocycles. The summed E-state index contributed by atoms with van der Waals surface area (Å²) in [6, 6.07) is 2.68. The monoisotopic (exact) mass is 281 g/mol. The molecule has 0 radical (unpaired) electrons. The van der Waals surface area contributed by atoms with Crippen LogP contribution in [0.2, 0.25) is 0 Å². The third kappa shape index (κ3) is 4.30. The fourth-order valence-corrected chi connectivity index (χ4v) is 3.96. The van der Waals surface area contributed by atoms with E-state index in [0.717, 1.165) is 18.9 Å². The van der Waals surface area contributed by atoms with Crippen LogP contribution in [-0.2, 0) is 11.2 Å². The van der Waals surface area contributed by atoms with Crippen LogP contribution in [0.4, 0.5) is 0 Å². The summed E-state index contributed by atoms with van der Waals surface area (Å²) in [5, 5.41) is 7.93. The predicted octanol–water partition coefficient (Wildman–Crippen LogP) is 3.86. The van der Waals surface area contributed by atoms with Gasteiger partial charge in [-0.25, -0.2) is 0 Å². The summed E-state index contributed by atoms with van der Waals surface area (Å²) in [6.07, 6.45) is 8.30. The van der Waals surface area contributed by atoms with Crippen molar-refractivity contribution < 1.29 is 4.74 Å². The van der Waals surface area contributed by atoms with Crippen molar-refractivity contribution in [3.8, 4) is 0 Å². The van der Waals surface area contributed by atoms with Crippen molar-refractivity contribution in [1.29, 1.82) is 0 Å². The molecule has 108 valence electrons. The molecule has 2 atom stereocenters. The zero-order chi connectivity index (χ0) is 13.5. The lowest BCUT2D eigenvalue weighted by molar-refractivity contribution is -0.0158. The van der Waals surface area contributed by atoms with Gasteiger partial charge in [-0.2, -0.15) is 11.3 Å². The Morgan fingerprint density at radius 1 is 1.37 bits per heavy atom. The van der Waals surface area contributed by atoms with Crippen molar-refractivity contribution in [3.63, 3.8) is 0 Å². The molecule has 0 aliphatic heterocycles. The van der Waals surface area contributed by atoms with Gasteiger partial charge in [-0.15, -0.1) is 0 Å². The van der Waals surface area contributed by atoms with Crippen LogP contribution in [0.15, 0.2) is 16.8 Å². The smallest absolute Gasteiger partial charge is 0.0759 e. The minimum atomic E-state index is 0.371. The normalized spacial score (nSPS) is 20.3. The lowest BCUT2D eigenvalue weighted by Crippen LogP contribution is -2.46. The minimum absolute atomic E-state index is 0.371. The van der Waals surface area contributed by atoms with Gasteiger partial charge in [-0.1, -0.05) is 19.3 Å². The maximum Gasteiger partial charge on any atom is 0.0759 e. The maximum atomic E-state index is 6.12. The van der Waals surface area contributed by atoms with Crippen molar-refractivity contribution >= 4 is 11.3 Å². The first-order chi connectivity index (χ1) is 9.35. The van der Waals surface area contributed by atoms with Crippen LogP contribution in [-0.4, -0.2) is 25.8 Å². The summed E-state index contributed by atoms with van der Waals surface area (Å²) in [7, 11) is 2.08. The fraction of sp³-hybridized carbons (Fsp3) is 0.750. The average molecular weight is 281 g/mol. The highest BCUT2D eigenvalue weighted by atomic mass is 32.1. The molecule has 1 heterocycles. The Bertz CT molecular complexity index is 333. The molecule has 1 saturated carbocycles. The SMILES string of the molecule is CCOC(C1CCCCC1)C(Cc1ccsc1)NC. The predicted molar refractivity (Wildman–Crippen MR) is 82.9 cm³/mol. The molecule has 0 amide bonds. The van der Waals surface area contributed by atoms with Gasteiger partial charge in [0.2, 0.25) is 0 Å². The molecule has 1 aromatic rings. The van der Waals surface area contributed by atoms with Gasteiger partial charge in [0.1, 0.15) is 0 Å². The van der Waals surface area contributed by atoms with E-state index < -0.39 is 0 Å². The first-order valence-electron chi connectivity index (χ1n) is 7.65. The molecule has 0 aromatic carbocycles. The Labute approximate surface area is 121 Å². The number of hydrogen-bond donors (Lipinski definition) is 1. The van der Waals surface area contributed by atoms with E-state index in [0.29, 0.717) is 12.1 Å². The molecule has 1 N–H and O–H groups in total. The topological polar surface area (TPSA) is 21.3 Å². The molecule has 0 bridgehead atoms. The van der Waals surface area contributed by atoms with Gasteiger partial charge in [0, 0.05) is 12.6 Å². The molecular formula is C16H27NOS. The van der Waals surface area contributed by atoms with Crippen molar-refractivity contribution in [2.75, 3.05) is 13.7 Å². The van der Waals surface area contributed by atoms with Crippen LogP contribution >= 0.6 is 11.3 Å². The average Bonchev–Trinajstić information content (AvgIpc) is 2.96. The molecule has 2 unspecified atom stereocenters. The van der Waals surface area contributed by atoms with E-state index in [1.807, 2.05) is 0 Å². The molecule has 1 aliphatic rings. The van der Waals surface area contributed by atoms with Gasteiger partial charge < -0.3 is 10.1 Å². The molecule has 3 heteroatoms.